The van der Waals surface area contributed by atoms with Crippen molar-refractivity contribution in [2.75, 3.05) is 6.61 Å². The number of fused-ring (bicyclic) bond motifs is 1. The molecule has 0 aliphatic heterocycles. The minimum Gasteiger partial charge on any atom is -0.361 e. The number of H-pyrrole nitrogens is 1. The van der Waals surface area contributed by atoms with Crippen LogP contribution in [0.25, 0.3) is 10.9 Å². The Hall–Kier alpha value is -0.853. The average Bonchev–Trinajstić information content (AvgIpc) is 2.73. The minimum absolute atomic E-state index is 0.0861. The summed E-state index contributed by atoms with van der Waals surface area (Å²) in [7, 11) is -1.06. The first-order chi connectivity index (χ1) is 8.88. The highest BCUT2D eigenvalue weighted by Crippen LogP contribution is 2.21. The summed E-state index contributed by atoms with van der Waals surface area (Å²) in [6, 6.07) is 3.06. The first-order valence-corrected chi connectivity index (χ1v) is 10.8. The Labute approximate surface area is 121 Å². The van der Waals surface area contributed by atoms with Crippen LogP contribution in [0.15, 0.2) is 27.7 Å². The van der Waals surface area contributed by atoms with E-state index in [1.54, 1.807) is 6.20 Å². The number of ether oxygens (including phenoxy) is 1. The molecule has 2 rings (SSSR count). The van der Waals surface area contributed by atoms with Gasteiger partial charge in [0.25, 0.3) is 5.56 Å². The van der Waals surface area contributed by atoms with Crippen LogP contribution in [0.4, 0.5) is 0 Å². The lowest BCUT2D eigenvalue weighted by molar-refractivity contribution is 0.0901. The minimum atomic E-state index is -1.06. The van der Waals surface area contributed by atoms with Gasteiger partial charge in [0, 0.05) is 36.9 Å². The number of hydrogen-bond acceptors (Lipinski definition) is 2. The highest BCUT2D eigenvalue weighted by molar-refractivity contribution is 9.10. The van der Waals surface area contributed by atoms with Gasteiger partial charge in [0.05, 0.1) is 0 Å². The summed E-state index contributed by atoms with van der Waals surface area (Å²) < 4.78 is 8.43. The summed E-state index contributed by atoms with van der Waals surface area (Å²) in [5.74, 6) is 0. The second-order valence-electron chi connectivity index (χ2n) is 5.86. The molecule has 0 atom stereocenters. The largest absolute Gasteiger partial charge is 0.361 e. The molecule has 0 aliphatic rings. The van der Waals surface area contributed by atoms with Crippen molar-refractivity contribution in [3.05, 3.63) is 33.3 Å². The number of pyridine rings is 1. The zero-order chi connectivity index (χ0) is 14.0. The van der Waals surface area contributed by atoms with Gasteiger partial charge in [0.15, 0.2) is 0 Å². The molecule has 0 spiro atoms. The summed E-state index contributed by atoms with van der Waals surface area (Å²) in [5, 5.41) is 0.914. The average molecular weight is 343 g/mol. The predicted octanol–water partition coefficient (Wildman–Crippen LogP) is 3.40. The van der Waals surface area contributed by atoms with Crippen molar-refractivity contribution >= 4 is 34.9 Å². The van der Waals surface area contributed by atoms with E-state index in [0.29, 0.717) is 12.2 Å². The number of halogens is 1. The summed E-state index contributed by atoms with van der Waals surface area (Å²) in [5.41, 5.74) is 0.569. The third-order valence-corrected chi connectivity index (χ3v) is 5.35. The maximum atomic E-state index is 11.9. The molecule has 104 valence electrons. The van der Waals surface area contributed by atoms with Crippen LogP contribution in [0.5, 0.6) is 0 Å². The van der Waals surface area contributed by atoms with Crippen LogP contribution in [-0.2, 0) is 11.5 Å². The third kappa shape index (κ3) is 3.58. The molecule has 0 aromatic carbocycles. The molecule has 2 heterocycles. The zero-order valence-corrected chi connectivity index (χ0v) is 14.1. The van der Waals surface area contributed by atoms with Crippen molar-refractivity contribution in [1.29, 1.82) is 0 Å². The van der Waals surface area contributed by atoms with Gasteiger partial charge in [-0.05, 0) is 28.0 Å². The molecule has 0 aliphatic carbocycles. The van der Waals surface area contributed by atoms with Crippen molar-refractivity contribution in [3.63, 3.8) is 0 Å². The molecule has 19 heavy (non-hydrogen) atoms. The number of aromatic nitrogens is 2. The van der Waals surface area contributed by atoms with Crippen LogP contribution < -0.4 is 5.56 Å². The Bertz CT molecular complexity index is 628. The van der Waals surface area contributed by atoms with E-state index in [1.807, 2.05) is 16.8 Å². The Morgan fingerprint density at radius 1 is 1.42 bits per heavy atom. The van der Waals surface area contributed by atoms with Crippen molar-refractivity contribution < 1.29 is 4.74 Å². The van der Waals surface area contributed by atoms with Gasteiger partial charge in [-0.2, -0.15) is 0 Å². The van der Waals surface area contributed by atoms with Crippen LogP contribution >= 0.6 is 15.9 Å². The lowest BCUT2D eigenvalue weighted by Crippen LogP contribution is -2.22. The fourth-order valence-corrected chi connectivity index (χ4v) is 3.03. The first kappa shape index (κ1) is 14.6. The number of nitrogens with zero attached hydrogens (tertiary/aromatic N) is 1. The Morgan fingerprint density at radius 3 is 2.84 bits per heavy atom. The van der Waals surface area contributed by atoms with Gasteiger partial charge in [-0.15, -0.1) is 0 Å². The summed E-state index contributed by atoms with van der Waals surface area (Å²) in [4.78, 5) is 14.6. The smallest absolute Gasteiger partial charge is 0.272 e. The van der Waals surface area contributed by atoms with E-state index < -0.39 is 8.07 Å². The van der Waals surface area contributed by atoms with Crippen LogP contribution in [0, 0.1) is 0 Å². The number of aromatic amines is 1. The molecular formula is C13H19BrN2O2Si. The van der Waals surface area contributed by atoms with Gasteiger partial charge in [0.1, 0.15) is 12.2 Å². The molecule has 6 heteroatoms. The van der Waals surface area contributed by atoms with E-state index in [1.165, 1.54) is 0 Å². The second-order valence-corrected chi connectivity index (χ2v) is 12.3. The van der Waals surface area contributed by atoms with Gasteiger partial charge >= 0.3 is 0 Å². The zero-order valence-electron chi connectivity index (χ0n) is 11.5. The molecule has 2 aromatic rings. The molecule has 0 saturated heterocycles. The maximum Gasteiger partial charge on any atom is 0.272 e. The molecular weight excluding hydrogens is 324 g/mol. The van der Waals surface area contributed by atoms with Crippen molar-refractivity contribution in [2.24, 2.45) is 0 Å². The van der Waals surface area contributed by atoms with Gasteiger partial charge in [-0.25, -0.2) is 0 Å². The van der Waals surface area contributed by atoms with Crippen LogP contribution in [0.1, 0.15) is 0 Å². The summed E-state index contributed by atoms with van der Waals surface area (Å²) >= 11 is 3.43. The molecule has 0 amide bonds. The molecule has 2 aromatic heterocycles. The topological polar surface area (TPSA) is 47.0 Å². The highest BCUT2D eigenvalue weighted by Gasteiger charge is 2.12. The van der Waals surface area contributed by atoms with Gasteiger partial charge < -0.3 is 14.3 Å². The second kappa shape index (κ2) is 5.64. The Kier molecular flexibility index (Phi) is 4.32. The van der Waals surface area contributed by atoms with Gasteiger partial charge in [0.2, 0.25) is 0 Å². The van der Waals surface area contributed by atoms with E-state index in [0.717, 1.165) is 22.5 Å². The lowest BCUT2D eigenvalue weighted by Gasteiger charge is -2.15. The highest BCUT2D eigenvalue weighted by atomic mass is 79.9. The van der Waals surface area contributed by atoms with Gasteiger partial charge in [-0.3, -0.25) is 4.79 Å². The number of nitrogens with one attached hydrogen (secondary N) is 1. The van der Waals surface area contributed by atoms with E-state index in [-0.39, 0.29) is 5.56 Å². The first-order valence-electron chi connectivity index (χ1n) is 6.32. The maximum absolute atomic E-state index is 11.9. The van der Waals surface area contributed by atoms with E-state index in [2.05, 4.69) is 40.6 Å². The lowest BCUT2D eigenvalue weighted by atomic mass is 10.3. The molecule has 0 fully saturated rings. The molecule has 0 unspecified atom stereocenters. The number of rotatable bonds is 5. The Morgan fingerprint density at radius 2 is 2.16 bits per heavy atom. The van der Waals surface area contributed by atoms with Gasteiger partial charge in [-0.1, -0.05) is 19.6 Å². The predicted molar refractivity (Wildman–Crippen MR) is 84.4 cm³/mol. The quantitative estimate of drug-likeness (QED) is 0.668. The van der Waals surface area contributed by atoms with E-state index in [4.69, 9.17) is 4.74 Å². The fourth-order valence-electron chi connectivity index (χ4n) is 1.84. The number of hydrogen-bond donors (Lipinski definition) is 1. The molecule has 1 N–H and O–H groups in total. The van der Waals surface area contributed by atoms with Crippen LogP contribution in [-0.4, -0.2) is 24.2 Å². The SMILES string of the molecule is C[Si](C)(C)CCOCn1ccc2c(Br)c[nH]c(=O)c21. The summed E-state index contributed by atoms with van der Waals surface area (Å²) in [6.45, 7) is 8.14. The van der Waals surface area contributed by atoms with Crippen LogP contribution in [0.3, 0.4) is 0 Å². The third-order valence-electron chi connectivity index (χ3n) is 2.99. The Balaban J connectivity index is 2.10. The van der Waals surface area contributed by atoms with Crippen molar-refractivity contribution in [3.8, 4) is 0 Å². The normalized spacial score (nSPS) is 12.2. The fraction of sp³-hybridized carbons (Fsp3) is 0.462. The molecule has 0 bridgehead atoms. The van der Waals surface area contributed by atoms with Crippen molar-refractivity contribution in [1.82, 2.24) is 9.55 Å². The van der Waals surface area contributed by atoms with E-state index >= 15 is 0 Å². The molecule has 0 saturated carbocycles. The molecule has 0 radical (unpaired) electrons. The van der Waals surface area contributed by atoms with Crippen molar-refractivity contribution in [2.45, 2.75) is 32.4 Å². The standard InChI is InChI=1S/C13H19BrN2O2Si/c1-19(2,3)7-6-18-9-16-5-4-10-11(14)8-15-13(17)12(10)16/h4-5,8H,6-7,9H2,1-3H3,(H,15,17). The van der Waals surface area contributed by atoms with Crippen LogP contribution in [0.2, 0.25) is 25.7 Å². The monoisotopic (exact) mass is 342 g/mol. The molecule has 4 nitrogen and oxygen atoms in total. The van der Waals surface area contributed by atoms with E-state index in [9.17, 15) is 4.79 Å². The summed E-state index contributed by atoms with van der Waals surface area (Å²) in [6.07, 6.45) is 3.56.